The Labute approximate surface area is 128 Å². The fourth-order valence-electron chi connectivity index (χ4n) is 2.32. The van der Waals surface area contributed by atoms with E-state index in [1.165, 1.54) is 0 Å². The standard InChI is InChI=1S/C16H16ClNO3/c17-15-4-2-1-3-11(15)7-19-8-12-5-14(18)6-13-9-20-10-21-16(12)13/h1-6H,7-10,18H2. The molecule has 0 unspecified atom stereocenters. The number of fused-ring (bicyclic) bond motifs is 1. The molecule has 0 atom stereocenters. The third-order valence-corrected chi connectivity index (χ3v) is 3.65. The molecule has 2 aromatic rings. The van der Waals surface area contributed by atoms with Gasteiger partial charge in [-0.1, -0.05) is 29.8 Å². The molecule has 2 N–H and O–H groups in total. The summed E-state index contributed by atoms with van der Waals surface area (Å²) >= 11 is 6.11. The molecule has 0 saturated carbocycles. The summed E-state index contributed by atoms with van der Waals surface area (Å²) in [5.41, 5.74) is 9.43. The summed E-state index contributed by atoms with van der Waals surface area (Å²) in [6.45, 7) is 1.63. The van der Waals surface area contributed by atoms with Gasteiger partial charge in [-0.3, -0.25) is 0 Å². The van der Waals surface area contributed by atoms with Crippen molar-refractivity contribution in [1.82, 2.24) is 0 Å². The van der Waals surface area contributed by atoms with Gasteiger partial charge in [0, 0.05) is 21.8 Å². The lowest BCUT2D eigenvalue weighted by atomic mass is 10.1. The number of benzene rings is 2. The summed E-state index contributed by atoms with van der Waals surface area (Å²) in [6, 6.07) is 11.4. The number of nitrogen functional groups attached to an aromatic ring is 1. The highest BCUT2D eigenvalue weighted by Crippen LogP contribution is 2.31. The Bertz CT molecular complexity index is 645. The first-order valence-electron chi connectivity index (χ1n) is 6.67. The van der Waals surface area contributed by atoms with Crippen LogP contribution in [-0.4, -0.2) is 6.79 Å². The number of ether oxygens (including phenoxy) is 3. The number of halogens is 1. The molecule has 0 bridgehead atoms. The minimum Gasteiger partial charge on any atom is -0.467 e. The zero-order chi connectivity index (χ0) is 14.7. The van der Waals surface area contributed by atoms with Crippen LogP contribution in [0.1, 0.15) is 16.7 Å². The molecule has 1 aliphatic rings. The maximum Gasteiger partial charge on any atom is 0.189 e. The van der Waals surface area contributed by atoms with Crippen molar-refractivity contribution in [3.05, 3.63) is 58.1 Å². The average molecular weight is 306 g/mol. The summed E-state index contributed by atoms with van der Waals surface area (Å²) in [5.74, 6) is 0.814. The van der Waals surface area contributed by atoms with E-state index in [1.807, 2.05) is 36.4 Å². The molecule has 0 spiro atoms. The van der Waals surface area contributed by atoms with Gasteiger partial charge in [0.1, 0.15) is 5.75 Å². The second-order valence-corrected chi connectivity index (χ2v) is 5.27. The topological polar surface area (TPSA) is 53.7 Å². The van der Waals surface area contributed by atoms with Crippen LogP contribution in [0.3, 0.4) is 0 Å². The number of rotatable bonds is 4. The Balaban J connectivity index is 1.71. The third-order valence-electron chi connectivity index (χ3n) is 3.28. The van der Waals surface area contributed by atoms with Gasteiger partial charge in [0.25, 0.3) is 0 Å². The Morgan fingerprint density at radius 2 is 1.95 bits per heavy atom. The Morgan fingerprint density at radius 1 is 1.14 bits per heavy atom. The quantitative estimate of drug-likeness (QED) is 0.878. The van der Waals surface area contributed by atoms with Crippen LogP contribution in [0.15, 0.2) is 36.4 Å². The SMILES string of the molecule is Nc1cc2c(c(COCc3ccccc3Cl)c1)OCOC2. The Kier molecular flexibility index (Phi) is 4.29. The molecule has 0 amide bonds. The van der Waals surface area contributed by atoms with Crippen molar-refractivity contribution in [3.63, 3.8) is 0 Å². The predicted molar refractivity (Wildman–Crippen MR) is 81.1 cm³/mol. The fraction of sp³-hybridized carbons (Fsp3) is 0.250. The van der Waals surface area contributed by atoms with Crippen LogP contribution in [0.4, 0.5) is 5.69 Å². The monoisotopic (exact) mass is 305 g/mol. The molecule has 0 radical (unpaired) electrons. The molecule has 1 aliphatic heterocycles. The van der Waals surface area contributed by atoms with Crippen LogP contribution in [0.2, 0.25) is 5.02 Å². The minimum atomic E-state index is 0.258. The van der Waals surface area contributed by atoms with Crippen LogP contribution < -0.4 is 10.5 Å². The highest BCUT2D eigenvalue weighted by molar-refractivity contribution is 6.31. The van der Waals surface area contributed by atoms with E-state index in [-0.39, 0.29) is 6.79 Å². The van der Waals surface area contributed by atoms with Crippen molar-refractivity contribution < 1.29 is 14.2 Å². The Hall–Kier alpha value is -1.75. The van der Waals surface area contributed by atoms with Crippen molar-refractivity contribution in [1.29, 1.82) is 0 Å². The van der Waals surface area contributed by atoms with Crippen molar-refractivity contribution in [2.75, 3.05) is 12.5 Å². The lowest BCUT2D eigenvalue weighted by Gasteiger charge is -2.21. The number of nitrogens with two attached hydrogens (primary N) is 1. The van der Waals surface area contributed by atoms with E-state index < -0.39 is 0 Å². The van der Waals surface area contributed by atoms with Crippen LogP contribution in [0.5, 0.6) is 5.75 Å². The lowest BCUT2D eigenvalue weighted by molar-refractivity contribution is -0.0185. The average Bonchev–Trinajstić information content (AvgIpc) is 2.49. The molecule has 5 heteroatoms. The van der Waals surface area contributed by atoms with E-state index in [4.69, 9.17) is 31.5 Å². The molecule has 2 aromatic carbocycles. The van der Waals surface area contributed by atoms with Crippen molar-refractivity contribution >= 4 is 17.3 Å². The van der Waals surface area contributed by atoms with Crippen molar-refractivity contribution in [2.45, 2.75) is 19.8 Å². The van der Waals surface area contributed by atoms with Gasteiger partial charge in [0.15, 0.2) is 6.79 Å². The Morgan fingerprint density at radius 3 is 2.81 bits per heavy atom. The van der Waals surface area contributed by atoms with E-state index >= 15 is 0 Å². The van der Waals surface area contributed by atoms with E-state index in [0.717, 1.165) is 22.4 Å². The molecule has 0 aromatic heterocycles. The van der Waals surface area contributed by atoms with Gasteiger partial charge in [-0.15, -0.1) is 0 Å². The first-order valence-corrected chi connectivity index (χ1v) is 7.05. The number of anilines is 1. The number of hydrogen-bond donors (Lipinski definition) is 1. The van der Waals surface area contributed by atoms with E-state index in [9.17, 15) is 0 Å². The predicted octanol–water partition coefficient (Wildman–Crippen LogP) is 3.51. The van der Waals surface area contributed by atoms with Gasteiger partial charge in [-0.25, -0.2) is 0 Å². The molecule has 4 nitrogen and oxygen atoms in total. The van der Waals surface area contributed by atoms with E-state index in [0.29, 0.717) is 30.5 Å². The molecular weight excluding hydrogens is 290 g/mol. The summed E-state index contributed by atoms with van der Waals surface area (Å²) in [5, 5.41) is 0.705. The van der Waals surface area contributed by atoms with Gasteiger partial charge in [0.05, 0.1) is 19.8 Å². The summed E-state index contributed by atoms with van der Waals surface area (Å²) in [7, 11) is 0. The van der Waals surface area contributed by atoms with Gasteiger partial charge in [-0.05, 0) is 23.8 Å². The van der Waals surface area contributed by atoms with Crippen molar-refractivity contribution in [2.24, 2.45) is 0 Å². The van der Waals surface area contributed by atoms with Gasteiger partial charge >= 0.3 is 0 Å². The minimum absolute atomic E-state index is 0.258. The molecule has 0 saturated heterocycles. The molecular formula is C16H16ClNO3. The molecule has 0 aliphatic carbocycles. The lowest BCUT2D eigenvalue weighted by Crippen LogP contribution is -2.14. The maximum absolute atomic E-state index is 6.11. The molecule has 1 heterocycles. The first kappa shape index (κ1) is 14.2. The van der Waals surface area contributed by atoms with Crippen LogP contribution in [0.25, 0.3) is 0 Å². The maximum atomic E-state index is 6.11. The zero-order valence-corrected chi connectivity index (χ0v) is 12.2. The largest absolute Gasteiger partial charge is 0.467 e. The van der Waals surface area contributed by atoms with Gasteiger partial charge < -0.3 is 19.9 Å². The normalized spacial score (nSPS) is 13.6. The van der Waals surface area contributed by atoms with Gasteiger partial charge in [0.2, 0.25) is 0 Å². The van der Waals surface area contributed by atoms with Gasteiger partial charge in [-0.2, -0.15) is 0 Å². The molecule has 21 heavy (non-hydrogen) atoms. The fourth-order valence-corrected chi connectivity index (χ4v) is 2.51. The molecule has 0 fully saturated rings. The third kappa shape index (κ3) is 3.29. The molecule has 3 rings (SSSR count). The van der Waals surface area contributed by atoms with E-state index in [2.05, 4.69) is 0 Å². The summed E-state index contributed by atoms with van der Waals surface area (Å²) < 4.78 is 16.6. The van der Waals surface area contributed by atoms with E-state index in [1.54, 1.807) is 0 Å². The second kappa shape index (κ2) is 6.35. The highest BCUT2D eigenvalue weighted by Gasteiger charge is 2.16. The smallest absolute Gasteiger partial charge is 0.189 e. The van der Waals surface area contributed by atoms with Crippen LogP contribution in [-0.2, 0) is 29.3 Å². The number of hydrogen-bond acceptors (Lipinski definition) is 4. The summed E-state index contributed by atoms with van der Waals surface area (Å²) in [4.78, 5) is 0. The van der Waals surface area contributed by atoms with Crippen LogP contribution in [0, 0.1) is 0 Å². The molecule has 110 valence electrons. The first-order chi connectivity index (χ1) is 10.2. The van der Waals surface area contributed by atoms with Crippen molar-refractivity contribution in [3.8, 4) is 5.75 Å². The second-order valence-electron chi connectivity index (χ2n) is 4.86. The zero-order valence-electron chi connectivity index (χ0n) is 11.5. The highest BCUT2D eigenvalue weighted by atomic mass is 35.5. The van der Waals surface area contributed by atoms with Crippen LogP contribution >= 0.6 is 11.6 Å². The summed E-state index contributed by atoms with van der Waals surface area (Å²) in [6.07, 6.45) is 0.